The Balaban J connectivity index is 2.57. The van der Waals surface area contributed by atoms with Crippen LogP contribution in [-0.4, -0.2) is 9.55 Å². The summed E-state index contributed by atoms with van der Waals surface area (Å²) in [4.78, 5) is 4.60. The van der Waals surface area contributed by atoms with Crippen molar-refractivity contribution in [3.63, 3.8) is 0 Å². The molecule has 1 aliphatic rings. The molecule has 0 aliphatic carbocycles. The predicted molar refractivity (Wildman–Crippen MR) is 75.9 cm³/mol. The van der Waals surface area contributed by atoms with Crippen LogP contribution in [0.5, 0.6) is 0 Å². The molecule has 2 aromatic rings. The first kappa shape index (κ1) is 11.2. The number of aromatic nitrogens is 2. The van der Waals surface area contributed by atoms with Crippen LogP contribution in [0.3, 0.4) is 0 Å². The molecule has 2 nitrogen and oxygen atoms in total. The normalized spacial score (nSPS) is 14.8. The maximum absolute atomic E-state index is 4.60. The molecule has 0 spiro atoms. The third-order valence-corrected chi connectivity index (χ3v) is 5.80. The van der Waals surface area contributed by atoms with Gasteiger partial charge in [0, 0.05) is 15.5 Å². The van der Waals surface area contributed by atoms with Crippen molar-refractivity contribution in [2.24, 2.45) is 0 Å². The highest BCUT2D eigenvalue weighted by molar-refractivity contribution is 9.11. The van der Waals surface area contributed by atoms with E-state index in [1.807, 2.05) is 0 Å². The van der Waals surface area contributed by atoms with Crippen molar-refractivity contribution in [1.82, 2.24) is 9.55 Å². The van der Waals surface area contributed by atoms with Crippen molar-refractivity contribution in [2.75, 3.05) is 0 Å². The average molecular weight is 409 g/mol. The molecule has 1 aliphatic heterocycles. The van der Waals surface area contributed by atoms with Gasteiger partial charge in [-0.15, -0.1) is 0 Å². The Bertz CT molecular complexity index is 601. The number of halogens is 3. The number of imidazole rings is 1. The maximum Gasteiger partial charge on any atom is 0.178 e. The molecule has 1 aromatic heterocycles. The number of hydrogen-bond donors (Lipinski definition) is 0. The van der Waals surface area contributed by atoms with Gasteiger partial charge in [-0.1, -0.05) is 15.9 Å². The summed E-state index contributed by atoms with van der Waals surface area (Å²) in [5, 5.41) is 0. The van der Waals surface area contributed by atoms with Gasteiger partial charge in [0.25, 0.3) is 0 Å². The third kappa shape index (κ3) is 1.37. The van der Waals surface area contributed by atoms with E-state index >= 15 is 0 Å². The van der Waals surface area contributed by atoms with E-state index in [9.17, 15) is 0 Å². The van der Waals surface area contributed by atoms with Crippen LogP contribution in [0, 0.1) is 6.92 Å². The van der Waals surface area contributed by atoms with E-state index in [1.165, 1.54) is 27.5 Å². The van der Waals surface area contributed by atoms with E-state index in [0.29, 0.717) is 0 Å². The molecule has 84 valence electrons. The molecule has 0 amide bonds. The average Bonchev–Trinajstić information content (AvgIpc) is 2.63. The summed E-state index contributed by atoms with van der Waals surface area (Å²) >= 11 is 10.9. The van der Waals surface area contributed by atoms with E-state index < -0.39 is 0 Å². The first-order valence-corrected chi connectivity index (χ1v) is 7.51. The lowest BCUT2D eigenvalue weighted by Crippen LogP contribution is -2.09. The first-order valence-electron chi connectivity index (χ1n) is 5.13. The summed E-state index contributed by atoms with van der Waals surface area (Å²) in [7, 11) is 0. The van der Waals surface area contributed by atoms with Gasteiger partial charge in [-0.25, -0.2) is 4.98 Å². The maximum atomic E-state index is 4.60. The molecule has 2 heterocycles. The molecular formula is C11H9Br3N2. The van der Waals surface area contributed by atoms with Crippen molar-refractivity contribution >= 4 is 58.8 Å². The molecule has 0 atom stereocenters. The zero-order chi connectivity index (χ0) is 11.4. The number of rotatable bonds is 0. The van der Waals surface area contributed by atoms with Crippen LogP contribution < -0.4 is 0 Å². The smallest absolute Gasteiger partial charge is 0.178 e. The third-order valence-electron chi connectivity index (χ3n) is 3.15. The van der Waals surface area contributed by atoms with Gasteiger partial charge >= 0.3 is 0 Å². The molecular weight excluding hydrogens is 400 g/mol. The minimum atomic E-state index is 0.932. The minimum absolute atomic E-state index is 0.932. The van der Waals surface area contributed by atoms with Crippen molar-refractivity contribution in [1.29, 1.82) is 0 Å². The Kier molecular flexibility index (Phi) is 2.68. The van der Waals surface area contributed by atoms with E-state index in [-0.39, 0.29) is 0 Å². The first-order chi connectivity index (χ1) is 7.61. The summed E-state index contributed by atoms with van der Waals surface area (Å²) < 4.78 is 5.50. The van der Waals surface area contributed by atoms with Gasteiger partial charge in [0.15, 0.2) is 4.73 Å². The molecule has 0 N–H and O–H groups in total. The second-order valence-corrected chi connectivity index (χ2v) is 6.36. The molecule has 0 unspecified atom stereocenters. The number of aryl methyl sites for hydroxylation is 2. The summed E-state index contributed by atoms with van der Waals surface area (Å²) in [6.45, 7) is 3.16. The van der Waals surface area contributed by atoms with E-state index in [2.05, 4.69) is 64.3 Å². The van der Waals surface area contributed by atoms with Gasteiger partial charge in [0.05, 0.1) is 5.52 Å². The minimum Gasteiger partial charge on any atom is -0.318 e. The zero-order valence-corrected chi connectivity index (χ0v) is 13.4. The van der Waals surface area contributed by atoms with Crippen molar-refractivity contribution in [2.45, 2.75) is 26.3 Å². The fourth-order valence-electron chi connectivity index (χ4n) is 2.33. The molecule has 5 heteroatoms. The van der Waals surface area contributed by atoms with Gasteiger partial charge in [0.1, 0.15) is 5.52 Å². The van der Waals surface area contributed by atoms with Gasteiger partial charge < -0.3 is 4.57 Å². The fraction of sp³-hybridized carbons (Fsp3) is 0.364. The highest BCUT2D eigenvalue weighted by Crippen LogP contribution is 2.40. The quantitative estimate of drug-likeness (QED) is 0.624. The van der Waals surface area contributed by atoms with Crippen molar-refractivity contribution in [3.8, 4) is 0 Å². The Hall–Kier alpha value is 0.130. The second kappa shape index (κ2) is 3.82. The van der Waals surface area contributed by atoms with Gasteiger partial charge in [-0.05, 0) is 62.8 Å². The summed E-state index contributed by atoms with van der Waals surface area (Å²) in [5.41, 5.74) is 4.96. The summed E-state index contributed by atoms with van der Waals surface area (Å²) in [6.07, 6.45) is 2.31. The fourth-order valence-corrected chi connectivity index (χ4v) is 4.19. The van der Waals surface area contributed by atoms with Gasteiger partial charge in [0.2, 0.25) is 0 Å². The zero-order valence-electron chi connectivity index (χ0n) is 8.65. The van der Waals surface area contributed by atoms with Gasteiger partial charge in [-0.3, -0.25) is 0 Å². The monoisotopic (exact) mass is 406 g/mol. The topological polar surface area (TPSA) is 17.8 Å². The largest absolute Gasteiger partial charge is 0.318 e. The van der Waals surface area contributed by atoms with Crippen LogP contribution in [0.25, 0.3) is 11.0 Å². The molecule has 1 aromatic carbocycles. The lowest BCUT2D eigenvalue weighted by molar-refractivity contribution is 0.619. The molecule has 0 saturated heterocycles. The molecule has 0 saturated carbocycles. The molecule has 0 radical (unpaired) electrons. The summed E-state index contributed by atoms with van der Waals surface area (Å²) in [6, 6.07) is 0. The lowest BCUT2D eigenvalue weighted by atomic mass is 10.0. The van der Waals surface area contributed by atoms with Crippen molar-refractivity contribution in [3.05, 3.63) is 24.8 Å². The van der Waals surface area contributed by atoms with Crippen LogP contribution >= 0.6 is 47.8 Å². The highest BCUT2D eigenvalue weighted by atomic mass is 79.9. The van der Waals surface area contributed by atoms with E-state index in [0.717, 1.165) is 27.7 Å². The summed E-state index contributed by atoms with van der Waals surface area (Å²) in [5.74, 6) is 0. The Morgan fingerprint density at radius 1 is 1.19 bits per heavy atom. The van der Waals surface area contributed by atoms with Crippen LogP contribution in [0.1, 0.15) is 17.5 Å². The van der Waals surface area contributed by atoms with Crippen LogP contribution in [0.15, 0.2) is 13.7 Å². The van der Waals surface area contributed by atoms with Gasteiger partial charge in [-0.2, -0.15) is 0 Å². The molecule has 0 bridgehead atoms. The second-order valence-electron chi connectivity index (χ2n) is 4.06. The van der Waals surface area contributed by atoms with Crippen LogP contribution in [0.4, 0.5) is 0 Å². The number of hydrogen-bond acceptors (Lipinski definition) is 1. The Morgan fingerprint density at radius 2 is 1.94 bits per heavy atom. The lowest BCUT2D eigenvalue weighted by Gasteiger charge is -2.18. The Labute approximate surface area is 119 Å². The van der Waals surface area contributed by atoms with E-state index in [1.54, 1.807) is 0 Å². The van der Waals surface area contributed by atoms with Crippen molar-refractivity contribution < 1.29 is 0 Å². The Morgan fingerprint density at radius 3 is 2.69 bits per heavy atom. The van der Waals surface area contributed by atoms with E-state index in [4.69, 9.17) is 0 Å². The highest BCUT2D eigenvalue weighted by Gasteiger charge is 2.23. The SMILES string of the molecule is Cc1c(Br)c2c3c(nc(Br)n3CCC2)c1Br. The number of benzene rings is 1. The molecule has 0 fully saturated rings. The standard InChI is InChI=1S/C11H9Br3N2/c1-5-7(12)6-3-2-4-16-10(6)9(8(5)13)15-11(16)14/h2-4H2,1H3. The molecule has 3 rings (SSSR count). The molecule has 16 heavy (non-hydrogen) atoms. The van der Waals surface area contributed by atoms with Crippen LogP contribution in [-0.2, 0) is 13.0 Å². The predicted octanol–water partition coefficient (Wildman–Crippen LogP) is 4.58. The number of nitrogens with zero attached hydrogens (tertiary/aromatic N) is 2. The van der Waals surface area contributed by atoms with Crippen LogP contribution in [0.2, 0.25) is 0 Å².